The van der Waals surface area contributed by atoms with Gasteiger partial charge in [-0.1, -0.05) is 67.4 Å². The highest BCUT2D eigenvalue weighted by Gasteiger charge is 2.43. The largest absolute Gasteiger partial charge is 0.478 e. The Hall–Kier alpha value is -4.13. The van der Waals surface area contributed by atoms with E-state index in [4.69, 9.17) is 0 Å². The molecule has 3 amide bonds. The zero-order valence-electron chi connectivity index (χ0n) is 23.5. The molecule has 2 fully saturated rings. The number of amides is 3. The fourth-order valence-electron chi connectivity index (χ4n) is 6.65. The van der Waals surface area contributed by atoms with Crippen molar-refractivity contribution in [2.45, 2.75) is 70.0 Å². The first-order valence-corrected chi connectivity index (χ1v) is 14.7. The van der Waals surface area contributed by atoms with Gasteiger partial charge in [0, 0.05) is 31.1 Å². The Labute approximate surface area is 241 Å². The normalized spacial score (nSPS) is 20.7. The van der Waals surface area contributed by atoms with E-state index >= 15 is 0 Å². The number of benzene rings is 3. The Morgan fingerprint density at radius 2 is 1.76 bits per heavy atom. The lowest BCUT2D eigenvalue weighted by Crippen LogP contribution is -2.51. The molecular weight excluding hydrogens is 514 g/mol. The molecule has 0 bridgehead atoms. The monoisotopic (exact) mass is 551 g/mol. The van der Waals surface area contributed by atoms with Crippen LogP contribution in [0.15, 0.2) is 66.7 Å². The van der Waals surface area contributed by atoms with Crippen molar-refractivity contribution in [3.05, 3.63) is 94.5 Å². The third-order valence-electron chi connectivity index (χ3n) is 9.14. The van der Waals surface area contributed by atoms with E-state index in [1.54, 1.807) is 18.2 Å². The molecule has 7 heteroatoms. The lowest BCUT2D eigenvalue weighted by atomic mass is 9.87. The third-order valence-corrected chi connectivity index (χ3v) is 9.14. The van der Waals surface area contributed by atoms with Crippen molar-refractivity contribution in [3.63, 3.8) is 0 Å². The summed E-state index contributed by atoms with van der Waals surface area (Å²) < 4.78 is 0. The van der Waals surface area contributed by atoms with Crippen molar-refractivity contribution in [2.24, 2.45) is 5.92 Å². The number of carbonyl (C=O) groups excluding carboxylic acids is 2. The van der Waals surface area contributed by atoms with Crippen molar-refractivity contribution in [3.8, 4) is 11.1 Å². The highest BCUT2D eigenvalue weighted by molar-refractivity contribution is 5.90. The molecule has 0 unspecified atom stereocenters. The first-order valence-electron chi connectivity index (χ1n) is 14.7. The van der Waals surface area contributed by atoms with Gasteiger partial charge in [0.05, 0.1) is 5.56 Å². The van der Waals surface area contributed by atoms with Crippen LogP contribution >= 0.6 is 0 Å². The lowest BCUT2D eigenvalue weighted by Gasteiger charge is -2.35. The van der Waals surface area contributed by atoms with Gasteiger partial charge in [0.2, 0.25) is 5.91 Å². The molecule has 2 atom stereocenters. The Kier molecular flexibility index (Phi) is 7.28. The second kappa shape index (κ2) is 11.0. The molecule has 0 aromatic heterocycles. The summed E-state index contributed by atoms with van der Waals surface area (Å²) in [5.41, 5.74) is 6.26. The van der Waals surface area contributed by atoms with Gasteiger partial charge in [-0.15, -0.1) is 0 Å². The van der Waals surface area contributed by atoms with Crippen LogP contribution in [-0.4, -0.2) is 40.0 Å². The van der Waals surface area contributed by atoms with Gasteiger partial charge in [0.15, 0.2) is 0 Å². The van der Waals surface area contributed by atoms with E-state index in [2.05, 4.69) is 29.7 Å². The van der Waals surface area contributed by atoms with E-state index in [-0.39, 0.29) is 34.9 Å². The van der Waals surface area contributed by atoms with Gasteiger partial charge in [-0.25, -0.2) is 9.59 Å². The van der Waals surface area contributed by atoms with Crippen molar-refractivity contribution >= 4 is 17.9 Å². The van der Waals surface area contributed by atoms with Crippen LogP contribution in [0.2, 0.25) is 0 Å². The van der Waals surface area contributed by atoms with Crippen LogP contribution in [0.5, 0.6) is 0 Å². The summed E-state index contributed by atoms with van der Waals surface area (Å²) in [6.45, 7) is 3.55. The molecule has 3 aromatic carbocycles. The summed E-state index contributed by atoms with van der Waals surface area (Å²) in [6.07, 6.45) is 5.78. The number of nitrogens with zero attached hydrogens (tertiary/aromatic N) is 1. The maximum atomic E-state index is 13.4. The second-order valence-electron chi connectivity index (χ2n) is 12.1. The standard InChI is InChI=1S/C34H37N3O4/c1-34(15-5-6-16-34)36-33(41)37-17-14-27-26(23-10-7-11-24(18-23)32(39)40)13-12-25(30(27)21-37)20-35-31(38)29-19-28(29)22-8-3-2-4-9-22/h2-4,7-13,18,28-29H,5-6,14-17,19-21H2,1H3,(H,35,38)(H,36,41)(H,39,40)/t28-,29-/m1/s1. The SMILES string of the molecule is CC1(NC(=O)N2CCc3c(-c4cccc(C(=O)O)c4)ccc(CNC(=O)[C@@H]4C[C@@H]4c4ccccc4)c3C2)CCCC1. The topological polar surface area (TPSA) is 98.7 Å². The van der Waals surface area contributed by atoms with Crippen LogP contribution in [0.4, 0.5) is 4.79 Å². The predicted octanol–water partition coefficient (Wildman–Crippen LogP) is 5.87. The first-order chi connectivity index (χ1) is 19.8. The van der Waals surface area contributed by atoms with Gasteiger partial charge in [-0.05, 0) is 84.0 Å². The van der Waals surface area contributed by atoms with Crippen LogP contribution in [-0.2, 0) is 24.3 Å². The van der Waals surface area contributed by atoms with Crippen LogP contribution in [0.25, 0.3) is 11.1 Å². The van der Waals surface area contributed by atoms with Gasteiger partial charge in [-0.2, -0.15) is 0 Å². The smallest absolute Gasteiger partial charge is 0.335 e. The molecule has 2 saturated carbocycles. The van der Waals surface area contributed by atoms with Crippen LogP contribution in [0.3, 0.4) is 0 Å². The highest BCUT2D eigenvalue weighted by atomic mass is 16.4. The van der Waals surface area contributed by atoms with Crippen molar-refractivity contribution in [1.29, 1.82) is 0 Å². The summed E-state index contributed by atoms with van der Waals surface area (Å²) in [6, 6.07) is 21.2. The van der Waals surface area contributed by atoms with Crippen LogP contribution in [0.1, 0.15) is 77.6 Å². The molecule has 0 radical (unpaired) electrons. The summed E-state index contributed by atoms with van der Waals surface area (Å²) in [5, 5.41) is 16.0. The minimum atomic E-state index is -0.961. The fraction of sp³-hybridized carbons (Fsp3) is 0.382. The average Bonchev–Trinajstić information content (AvgIpc) is 3.69. The molecule has 2 aliphatic carbocycles. The fourth-order valence-corrected chi connectivity index (χ4v) is 6.65. The number of hydrogen-bond donors (Lipinski definition) is 3. The average molecular weight is 552 g/mol. The number of urea groups is 1. The molecule has 0 saturated heterocycles. The predicted molar refractivity (Wildman–Crippen MR) is 157 cm³/mol. The molecule has 41 heavy (non-hydrogen) atoms. The Balaban J connectivity index is 1.24. The Morgan fingerprint density at radius 1 is 0.976 bits per heavy atom. The Morgan fingerprint density at radius 3 is 2.51 bits per heavy atom. The Bertz CT molecular complexity index is 1480. The molecule has 1 heterocycles. The number of nitrogens with one attached hydrogen (secondary N) is 2. The molecule has 3 aliphatic rings. The first kappa shape index (κ1) is 27.1. The molecule has 7 nitrogen and oxygen atoms in total. The van der Waals surface area contributed by atoms with Crippen molar-refractivity contribution in [2.75, 3.05) is 6.54 Å². The van der Waals surface area contributed by atoms with Gasteiger partial charge in [0.1, 0.15) is 0 Å². The molecular formula is C34H37N3O4. The number of rotatable bonds is 7. The molecule has 212 valence electrons. The summed E-state index contributed by atoms with van der Waals surface area (Å²) >= 11 is 0. The zero-order valence-corrected chi connectivity index (χ0v) is 23.5. The molecule has 3 aromatic rings. The maximum absolute atomic E-state index is 13.4. The van der Waals surface area contributed by atoms with Crippen LogP contribution in [0, 0.1) is 5.92 Å². The number of carboxylic acid groups (broad SMARTS) is 1. The van der Waals surface area contributed by atoms with Gasteiger partial charge in [-0.3, -0.25) is 4.79 Å². The van der Waals surface area contributed by atoms with E-state index in [0.29, 0.717) is 26.1 Å². The lowest BCUT2D eigenvalue weighted by molar-refractivity contribution is -0.122. The van der Waals surface area contributed by atoms with Gasteiger partial charge >= 0.3 is 12.0 Å². The zero-order chi connectivity index (χ0) is 28.6. The van der Waals surface area contributed by atoms with E-state index < -0.39 is 5.97 Å². The molecule has 3 N–H and O–H groups in total. The number of carboxylic acids is 1. The quantitative estimate of drug-likeness (QED) is 0.342. The van der Waals surface area contributed by atoms with E-state index in [1.807, 2.05) is 41.3 Å². The van der Waals surface area contributed by atoms with Crippen molar-refractivity contribution in [1.82, 2.24) is 15.5 Å². The number of aromatic carboxylic acids is 1. The third kappa shape index (κ3) is 5.71. The second-order valence-corrected chi connectivity index (χ2v) is 12.1. The molecule has 6 rings (SSSR count). The minimum absolute atomic E-state index is 0.0133. The number of carbonyl (C=O) groups is 3. The number of hydrogen-bond acceptors (Lipinski definition) is 3. The summed E-state index contributed by atoms with van der Waals surface area (Å²) in [7, 11) is 0. The minimum Gasteiger partial charge on any atom is -0.478 e. The van der Waals surface area contributed by atoms with Gasteiger partial charge in [0.25, 0.3) is 0 Å². The van der Waals surface area contributed by atoms with E-state index in [9.17, 15) is 19.5 Å². The summed E-state index contributed by atoms with van der Waals surface area (Å²) in [5.74, 6) is -0.645. The maximum Gasteiger partial charge on any atom is 0.335 e. The van der Waals surface area contributed by atoms with E-state index in [0.717, 1.165) is 59.9 Å². The summed E-state index contributed by atoms with van der Waals surface area (Å²) in [4.78, 5) is 40.0. The highest BCUT2D eigenvalue weighted by Crippen LogP contribution is 2.47. The molecule has 0 spiro atoms. The van der Waals surface area contributed by atoms with E-state index in [1.165, 1.54) is 5.56 Å². The molecule has 1 aliphatic heterocycles. The van der Waals surface area contributed by atoms with Gasteiger partial charge < -0.3 is 20.6 Å². The number of fused-ring (bicyclic) bond motifs is 1. The van der Waals surface area contributed by atoms with Crippen molar-refractivity contribution < 1.29 is 19.5 Å². The van der Waals surface area contributed by atoms with Crippen LogP contribution < -0.4 is 10.6 Å².